The molecule has 0 radical (unpaired) electrons. The smallest absolute Gasteiger partial charge is 0.409 e. The van der Waals surface area contributed by atoms with Crippen molar-refractivity contribution in [2.24, 2.45) is 0 Å². The van der Waals surface area contributed by atoms with Crippen LogP contribution in [0.2, 0.25) is 0 Å². The number of fused-ring (bicyclic) bond motifs is 1. The van der Waals surface area contributed by atoms with E-state index in [0.29, 0.717) is 24.8 Å². The van der Waals surface area contributed by atoms with Gasteiger partial charge >= 0.3 is 6.09 Å². The van der Waals surface area contributed by atoms with Crippen LogP contribution in [0.25, 0.3) is 21.5 Å². The summed E-state index contributed by atoms with van der Waals surface area (Å²) in [6, 6.07) is 7.83. The van der Waals surface area contributed by atoms with Crippen LogP contribution in [0, 0.1) is 0 Å². The number of ether oxygens (including phenoxy) is 1. The Morgan fingerprint density at radius 2 is 2.17 bits per heavy atom. The van der Waals surface area contributed by atoms with Gasteiger partial charge in [-0.25, -0.2) is 19.7 Å². The van der Waals surface area contributed by atoms with Crippen LogP contribution in [-0.2, 0) is 16.0 Å². The molecule has 4 rings (SSSR count). The maximum absolute atomic E-state index is 11.4. The van der Waals surface area contributed by atoms with Crippen molar-refractivity contribution in [2.75, 3.05) is 25.0 Å². The number of aryl methyl sites for hydroxylation is 1. The first kappa shape index (κ1) is 19.3. The largest absolute Gasteiger partial charge is 0.448 e. The molecule has 2 amide bonds. The van der Waals surface area contributed by atoms with Crippen molar-refractivity contribution in [3.8, 4) is 11.3 Å². The summed E-state index contributed by atoms with van der Waals surface area (Å²) >= 11 is 1.44. The molecule has 1 N–H and O–H groups in total. The van der Waals surface area contributed by atoms with E-state index in [4.69, 9.17) is 4.74 Å². The lowest BCUT2D eigenvalue weighted by molar-refractivity contribution is -0.114. The van der Waals surface area contributed by atoms with Gasteiger partial charge in [-0.1, -0.05) is 17.4 Å². The number of aromatic nitrogens is 3. The number of thiazole rings is 1. The van der Waals surface area contributed by atoms with Crippen LogP contribution in [0.3, 0.4) is 0 Å². The summed E-state index contributed by atoms with van der Waals surface area (Å²) in [5, 5.41) is 3.32. The van der Waals surface area contributed by atoms with E-state index in [-0.39, 0.29) is 12.0 Å². The minimum atomic E-state index is -0.219. The number of benzene rings is 1. The molecule has 0 spiro atoms. The van der Waals surface area contributed by atoms with E-state index in [0.717, 1.165) is 46.6 Å². The maximum atomic E-state index is 11.4. The third-order valence-corrected chi connectivity index (χ3v) is 5.53. The molecule has 1 aromatic carbocycles. The van der Waals surface area contributed by atoms with Crippen molar-refractivity contribution >= 4 is 38.7 Å². The highest BCUT2D eigenvalue weighted by molar-refractivity contribution is 7.22. The van der Waals surface area contributed by atoms with E-state index in [1.807, 2.05) is 24.3 Å². The number of unbranched alkanes of at least 4 members (excludes halogenated alkanes) is 1. The summed E-state index contributed by atoms with van der Waals surface area (Å²) in [4.78, 5) is 37.9. The normalized spacial score (nSPS) is 13.7. The second-order valence-electron chi connectivity index (χ2n) is 6.80. The van der Waals surface area contributed by atoms with E-state index in [9.17, 15) is 9.59 Å². The Morgan fingerprint density at radius 3 is 2.97 bits per heavy atom. The van der Waals surface area contributed by atoms with Crippen LogP contribution >= 0.6 is 11.3 Å². The first-order valence-corrected chi connectivity index (χ1v) is 10.3. The van der Waals surface area contributed by atoms with Crippen molar-refractivity contribution < 1.29 is 14.3 Å². The zero-order valence-corrected chi connectivity index (χ0v) is 16.9. The molecule has 9 heteroatoms. The van der Waals surface area contributed by atoms with E-state index >= 15 is 0 Å². The fourth-order valence-corrected chi connectivity index (χ4v) is 4.13. The van der Waals surface area contributed by atoms with Crippen LogP contribution in [0.5, 0.6) is 0 Å². The molecule has 0 saturated carbocycles. The van der Waals surface area contributed by atoms with Crippen molar-refractivity contribution in [2.45, 2.75) is 26.2 Å². The Morgan fingerprint density at radius 1 is 1.28 bits per heavy atom. The number of nitrogens with one attached hydrogen (secondary N) is 1. The van der Waals surface area contributed by atoms with E-state index < -0.39 is 0 Å². The first-order chi connectivity index (χ1) is 14.1. The summed E-state index contributed by atoms with van der Waals surface area (Å²) in [5.74, 6) is 0.654. The fourth-order valence-electron chi connectivity index (χ4n) is 3.18. The van der Waals surface area contributed by atoms with Gasteiger partial charge in [0.2, 0.25) is 5.91 Å². The quantitative estimate of drug-likeness (QED) is 0.598. The van der Waals surface area contributed by atoms with E-state index in [1.165, 1.54) is 18.3 Å². The Kier molecular flexibility index (Phi) is 5.66. The van der Waals surface area contributed by atoms with Gasteiger partial charge in [0, 0.05) is 31.6 Å². The predicted molar refractivity (Wildman–Crippen MR) is 111 cm³/mol. The van der Waals surface area contributed by atoms with Gasteiger partial charge in [0.15, 0.2) is 5.13 Å². The van der Waals surface area contributed by atoms with Crippen molar-refractivity contribution in [1.29, 1.82) is 0 Å². The lowest BCUT2D eigenvalue weighted by Crippen LogP contribution is -2.25. The summed E-state index contributed by atoms with van der Waals surface area (Å²) in [5.41, 5.74) is 2.69. The fraction of sp³-hybridized carbons (Fsp3) is 0.350. The van der Waals surface area contributed by atoms with E-state index in [1.54, 1.807) is 11.1 Å². The third-order valence-electron chi connectivity index (χ3n) is 4.60. The van der Waals surface area contributed by atoms with Crippen molar-refractivity contribution in [3.63, 3.8) is 0 Å². The predicted octanol–water partition coefficient (Wildman–Crippen LogP) is 3.49. The van der Waals surface area contributed by atoms with Gasteiger partial charge in [-0.15, -0.1) is 0 Å². The highest BCUT2D eigenvalue weighted by atomic mass is 32.1. The van der Waals surface area contributed by atoms with E-state index in [2.05, 4.69) is 20.3 Å². The Hall–Kier alpha value is -3.07. The number of cyclic esters (lactones) is 1. The molecule has 1 aliphatic rings. The summed E-state index contributed by atoms with van der Waals surface area (Å²) < 4.78 is 5.92. The molecular formula is C20H21N5O3S. The highest BCUT2D eigenvalue weighted by Crippen LogP contribution is 2.30. The van der Waals surface area contributed by atoms with Gasteiger partial charge in [-0.2, -0.15) is 0 Å². The molecule has 0 aliphatic carbocycles. The lowest BCUT2D eigenvalue weighted by atomic mass is 10.1. The second kappa shape index (κ2) is 8.52. The van der Waals surface area contributed by atoms with Gasteiger partial charge in [0.05, 0.1) is 22.5 Å². The molecule has 1 fully saturated rings. The molecular weight excluding hydrogens is 390 g/mol. The summed E-state index contributed by atoms with van der Waals surface area (Å²) in [6.07, 6.45) is 4.10. The van der Waals surface area contributed by atoms with Gasteiger partial charge in [0.1, 0.15) is 12.4 Å². The van der Waals surface area contributed by atoms with Gasteiger partial charge < -0.3 is 15.0 Å². The molecule has 0 bridgehead atoms. The number of hydrogen-bond acceptors (Lipinski definition) is 7. The van der Waals surface area contributed by atoms with Crippen LogP contribution in [-0.4, -0.2) is 51.5 Å². The minimum Gasteiger partial charge on any atom is -0.448 e. The average Bonchev–Trinajstić information content (AvgIpc) is 3.29. The monoisotopic (exact) mass is 411 g/mol. The van der Waals surface area contributed by atoms with Crippen molar-refractivity contribution in [3.05, 3.63) is 36.3 Å². The summed E-state index contributed by atoms with van der Waals surface area (Å²) in [6.45, 7) is 3.34. The third kappa shape index (κ3) is 4.68. The Balaban J connectivity index is 1.41. The molecule has 29 heavy (non-hydrogen) atoms. The van der Waals surface area contributed by atoms with Crippen LogP contribution in [0.1, 0.15) is 25.6 Å². The standard InChI is InChI=1S/C20H21N5O3S/c1-13(26)22-19-24-16-6-5-14(12-17(16)29-19)15-7-8-21-18(23-15)4-2-3-9-25-10-11-28-20(25)27/h5-8,12H,2-4,9-11H2,1H3,(H,22,24,26). The number of rotatable bonds is 7. The lowest BCUT2D eigenvalue weighted by Gasteiger charge is -2.11. The molecule has 8 nitrogen and oxygen atoms in total. The molecule has 3 heterocycles. The summed E-state index contributed by atoms with van der Waals surface area (Å²) in [7, 11) is 0. The molecule has 2 aromatic heterocycles. The first-order valence-electron chi connectivity index (χ1n) is 9.51. The second-order valence-corrected chi connectivity index (χ2v) is 7.83. The van der Waals surface area contributed by atoms with Crippen molar-refractivity contribution in [1.82, 2.24) is 19.9 Å². The maximum Gasteiger partial charge on any atom is 0.409 e. The molecule has 1 aliphatic heterocycles. The number of nitrogens with zero attached hydrogens (tertiary/aromatic N) is 4. The van der Waals surface area contributed by atoms with Gasteiger partial charge in [0.25, 0.3) is 0 Å². The number of carbonyl (C=O) groups is 2. The van der Waals surface area contributed by atoms with Crippen LogP contribution in [0.4, 0.5) is 9.93 Å². The number of hydrogen-bond donors (Lipinski definition) is 1. The zero-order valence-electron chi connectivity index (χ0n) is 16.1. The van der Waals surface area contributed by atoms with Gasteiger partial charge in [-0.3, -0.25) is 4.79 Å². The number of carbonyl (C=O) groups excluding carboxylic acids is 2. The molecule has 1 saturated heterocycles. The molecule has 0 atom stereocenters. The topological polar surface area (TPSA) is 97.3 Å². The Labute approximate surface area is 171 Å². The molecule has 150 valence electrons. The number of amides is 2. The zero-order chi connectivity index (χ0) is 20.2. The minimum absolute atomic E-state index is 0.133. The molecule has 0 unspecified atom stereocenters. The highest BCUT2D eigenvalue weighted by Gasteiger charge is 2.20. The van der Waals surface area contributed by atoms with Gasteiger partial charge in [-0.05, 0) is 31.0 Å². The Bertz CT molecular complexity index is 1050. The molecule has 3 aromatic rings. The average molecular weight is 411 g/mol. The van der Waals surface area contributed by atoms with Crippen LogP contribution in [0.15, 0.2) is 30.5 Å². The van der Waals surface area contributed by atoms with Crippen LogP contribution < -0.4 is 5.32 Å². The SMILES string of the molecule is CC(=O)Nc1nc2ccc(-c3ccnc(CCCCN4CCOC4=O)n3)cc2s1. The number of anilines is 1.